The molecule has 3 heterocycles. The molecule has 0 bridgehead atoms. The predicted molar refractivity (Wildman–Crippen MR) is 89.4 cm³/mol. The number of rotatable bonds is 5. The smallest absolute Gasteiger partial charge is 0.311 e. The Kier molecular flexibility index (Phi) is 4.16. The maximum Gasteiger partial charge on any atom is 0.311 e. The lowest BCUT2D eigenvalue weighted by Crippen LogP contribution is -2.35. The van der Waals surface area contributed by atoms with Gasteiger partial charge in [-0.15, -0.1) is 0 Å². The Balaban J connectivity index is 1.46. The molecule has 2 atom stereocenters. The third-order valence-electron chi connectivity index (χ3n) is 6.04. The fourth-order valence-corrected chi connectivity index (χ4v) is 6.17. The summed E-state index contributed by atoms with van der Waals surface area (Å²) in [4.78, 5) is 13.8. The van der Waals surface area contributed by atoms with E-state index in [0.29, 0.717) is 31.9 Å². The van der Waals surface area contributed by atoms with E-state index >= 15 is 0 Å². The van der Waals surface area contributed by atoms with Gasteiger partial charge in [0, 0.05) is 26.2 Å². The molecule has 2 saturated heterocycles. The van der Waals surface area contributed by atoms with Crippen molar-refractivity contribution in [1.29, 1.82) is 0 Å². The fraction of sp³-hybridized carbons (Fsp3) is 0.706. The summed E-state index contributed by atoms with van der Waals surface area (Å²) in [6.45, 7) is 2.81. The van der Waals surface area contributed by atoms with Crippen molar-refractivity contribution in [3.63, 3.8) is 0 Å². The third kappa shape index (κ3) is 2.80. The number of sulfonamides is 1. The summed E-state index contributed by atoms with van der Waals surface area (Å²) < 4.78 is 32.1. The molecule has 0 spiro atoms. The topological polar surface area (TPSA) is 91.1 Å². The van der Waals surface area contributed by atoms with Crippen LogP contribution in [0.2, 0.25) is 0 Å². The third-order valence-corrected chi connectivity index (χ3v) is 7.82. The molecule has 0 aromatic carbocycles. The van der Waals surface area contributed by atoms with Crippen molar-refractivity contribution in [3.05, 3.63) is 17.9 Å². The van der Waals surface area contributed by atoms with E-state index in [0.717, 1.165) is 38.6 Å². The first-order valence-electron chi connectivity index (χ1n) is 8.96. The number of aliphatic carboxylic acids is 1. The number of furan rings is 1. The molecule has 1 aliphatic carbocycles. The highest BCUT2D eigenvalue weighted by atomic mass is 32.2. The maximum absolute atomic E-state index is 12.5. The summed E-state index contributed by atoms with van der Waals surface area (Å²) in [5.74, 6) is 0.0697. The van der Waals surface area contributed by atoms with Gasteiger partial charge < -0.3 is 9.52 Å². The number of fused-ring (bicyclic) bond motifs is 1. The van der Waals surface area contributed by atoms with E-state index in [4.69, 9.17) is 4.42 Å². The van der Waals surface area contributed by atoms with E-state index in [1.54, 1.807) is 6.07 Å². The number of carbonyl (C=O) groups is 1. The average Bonchev–Trinajstić information content (AvgIpc) is 3.31. The van der Waals surface area contributed by atoms with Crippen LogP contribution >= 0.6 is 0 Å². The van der Waals surface area contributed by atoms with Crippen LogP contribution in [0, 0.1) is 11.3 Å². The lowest BCUT2D eigenvalue weighted by atomic mass is 9.81. The molecule has 8 heteroatoms. The molecule has 0 amide bonds. The van der Waals surface area contributed by atoms with Gasteiger partial charge in [0.2, 0.25) is 5.09 Å². The monoisotopic (exact) mass is 368 g/mol. The van der Waals surface area contributed by atoms with Crippen molar-refractivity contribution < 1.29 is 22.7 Å². The number of hydrogen-bond acceptors (Lipinski definition) is 5. The molecule has 2 aliphatic heterocycles. The SMILES string of the molecule is O=C(O)[C@@]12CCC[C@H]1CN(Cc1ccc(S(=O)(=O)N3CCCC3)o1)C2. The first-order valence-corrected chi connectivity index (χ1v) is 10.4. The van der Waals surface area contributed by atoms with Gasteiger partial charge in [0.15, 0.2) is 0 Å². The summed E-state index contributed by atoms with van der Waals surface area (Å²) in [6.07, 6.45) is 4.44. The lowest BCUT2D eigenvalue weighted by Gasteiger charge is -2.23. The molecule has 25 heavy (non-hydrogen) atoms. The van der Waals surface area contributed by atoms with Crippen molar-refractivity contribution in [2.45, 2.75) is 43.7 Å². The van der Waals surface area contributed by atoms with Crippen LogP contribution in [0.25, 0.3) is 0 Å². The molecule has 4 rings (SSSR count). The number of carboxylic acids is 1. The molecule has 3 aliphatic rings. The van der Waals surface area contributed by atoms with Crippen molar-refractivity contribution >= 4 is 16.0 Å². The van der Waals surface area contributed by atoms with Gasteiger partial charge in [0.05, 0.1) is 12.0 Å². The van der Waals surface area contributed by atoms with Crippen LogP contribution in [0.4, 0.5) is 0 Å². The summed E-state index contributed by atoms with van der Waals surface area (Å²) in [5, 5.41) is 9.65. The van der Waals surface area contributed by atoms with Crippen molar-refractivity contribution in [1.82, 2.24) is 9.21 Å². The standard InChI is InChI=1S/C17H24N2O5S/c20-16(21)17-7-3-4-13(17)10-18(12-17)11-14-5-6-15(24-14)25(22,23)19-8-1-2-9-19/h5-6,13H,1-4,7-12H2,(H,20,21)/t13-,17+/m0/s1. The Hall–Kier alpha value is -1.38. The zero-order valence-corrected chi connectivity index (χ0v) is 15.0. The quantitative estimate of drug-likeness (QED) is 0.851. The molecule has 0 unspecified atom stereocenters. The highest BCUT2D eigenvalue weighted by Crippen LogP contribution is 2.49. The zero-order valence-electron chi connectivity index (χ0n) is 14.2. The van der Waals surface area contributed by atoms with Gasteiger partial charge in [-0.2, -0.15) is 4.31 Å². The van der Waals surface area contributed by atoms with Gasteiger partial charge in [-0.05, 0) is 43.7 Å². The molecular weight excluding hydrogens is 344 g/mol. The van der Waals surface area contributed by atoms with Gasteiger partial charge in [-0.1, -0.05) is 6.42 Å². The minimum atomic E-state index is -3.54. The second-order valence-electron chi connectivity index (χ2n) is 7.55. The van der Waals surface area contributed by atoms with E-state index in [-0.39, 0.29) is 11.0 Å². The second-order valence-corrected chi connectivity index (χ2v) is 9.42. The van der Waals surface area contributed by atoms with Crippen LogP contribution in [-0.4, -0.2) is 54.9 Å². The number of nitrogens with zero attached hydrogens (tertiary/aromatic N) is 2. The molecule has 1 aromatic heterocycles. The first kappa shape index (κ1) is 17.1. The Morgan fingerprint density at radius 3 is 2.72 bits per heavy atom. The van der Waals surface area contributed by atoms with E-state index < -0.39 is 21.4 Å². The van der Waals surface area contributed by atoms with Crippen LogP contribution in [0.15, 0.2) is 21.6 Å². The minimum Gasteiger partial charge on any atom is -0.481 e. The predicted octanol–water partition coefficient (Wildman–Crippen LogP) is 1.75. The van der Waals surface area contributed by atoms with Crippen LogP contribution in [-0.2, 0) is 21.4 Å². The van der Waals surface area contributed by atoms with Crippen LogP contribution in [0.5, 0.6) is 0 Å². The van der Waals surface area contributed by atoms with Gasteiger partial charge in [0.25, 0.3) is 10.0 Å². The molecule has 138 valence electrons. The zero-order chi connectivity index (χ0) is 17.7. The normalized spacial score (nSPS) is 30.8. The lowest BCUT2D eigenvalue weighted by molar-refractivity contribution is -0.149. The van der Waals surface area contributed by atoms with Gasteiger partial charge in [-0.3, -0.25) is 9.69 Å². The molecule has 1 N–H and O–H groups in total. The summed E-state index contributed by atoms with van der Waals surface area (Å²) in [5.41, 5.74) is -0.628. The molecule has 1 aromatic rings. The largest absolute Gasteiger partial charge is 0.481 e. The van der Waals surface area contributed by atoms with Gasteiger partial charge in [-0.25, -0.2) is 8.42 Å². The fourth-order valence-electron chi connectivity index (χ4n) is 4.72. The van der Waals surface area contributed by atoms with E-state index in [2.05, 4.69) is 4.90 Å². The van der Waals surface area contributed by atoms with Crippen LogP contribution in [0.1, 0.15) is 37.9 Å². The Bertz CT molecular complexity index is 768. The summed E-state index contributed by atoms with van der Waals surface area (Å²) in [6, 6.07) is 3.22. The van der Waals surface area contributed by atoms with Crippen molar-refractivity contribution in [2.24, 2.45) is 11.3 Å². The van der Waals surface area contributed by atoms with E-state index in [1.165, 1.54) is 10.4 Å². The molecule has 7 nitrogen and oxygen atoms in total. The highest BCUT2D eigenvalue weighted by Gasteiger charge is 2.54. The average molecular weight is 368 g/mol. The summed E-state index contributed by atoms with van der Waals surface area (Å²) in [7, 11) is -3.54. The molecule has 0 radical (unpaired) electrons. The maximum atomic E-state index is 12.5. The highest BCUT2D eigenvalue weighted by molar-refractivity contribution is 7.89. The first-order chi connectivity index (χ1) is 11.9. The molecule has 3 fully saturated rings. The summed E-state index contributed by atoms with van der Waals surface area (Å²) >= 11 is 0. The van der Waals surface area contributed by atoms with Crippen molar-refractivity contribution in [3.8, 4) is 0 Å². The molecular formula is C17H24N2O5S. The number of carboxylic acid groups (broad SMARTS) is 1. The van der Waals surface area contributed by atoms with Gasteiger partial charge >= 0.3 is 5.97 Å². The number of hydrogen-bond donors (Lipinski definition) is 1. The van der Waals surface area contributed by atoms with E-state index in [1.807, 2.05) is 0 Å². The van der Waals surface area contributed by atoms with Crippen LogP contribution in [0.3, 0.4) is 0 Å². The Morgan fingerprint density at radius 1 is 1.28 bits per heavy atom. The second kappa shape index (κ2) is 6.10. The number of likely N-dealkylation sites (tertiary alicyclic amines) is 1. The Morgan fingerprint density at radius 2 is 2.04 bits per heavy atom. The van der Waals surface area contributed by atoms with Gasteiger partial charge in [0.1, 0.15) is 5.76 Å². The van der Waals surface area contributed by atoms with E-state index in [9.17, 15) is 18.3 Å². The Labute approximate surface area is 147 Å². The van der Waals surface area contributed by atoms with Crippen molar-refractivity contribution in [2.75, 3.05) is 26.2 Å². The minimum absolute atomic E-state index is 0.00302. The van der Waals surface area contributed by atoms with Crippen LogP contribution < -0.4 is 0 Å². The molecule has 1 saturated carbocycles.